The first-order valence-corrected chi connectivity index (χ1v) is 12.3. The van der Waals surface area contributed by atoms with Crippen molar-refractivity contribution in [2.45, 2.75) is 76.4 Å². The molecule has 1 aromatic carbocycles. The van der Waals surface area contributed by atoms with E-state index in [9.17, 15) is 31.5 Å². The Bertz CT molecular complexity index is 1320. The number of amides is 2. The molecule has 38 heavy (non-hydrogen) atoms. The Morgan fingerprint density at radius 2 is 1.92 bits per heavy atom. The zero-order chi connectivity index (χ0) is 27.8. The smallest absolute Gasteiger partial charge is 0.365 e. The molecular weight excluding hydrogens is 511 g/mol. The van der Waals surface area contributed by atoms with Crippen molar-refractivity contribution in [3.8, 4) is 0 Å². The number of aromatic amines is 2. The number of nitrogens with one attached hydrogen (secondary N) is 3. The molecule has 0 aliphatic heterocycles. The zero-order valence-electron chi connectivity index (χ0n) is 20.9. The van der Waals surface area contributed by atoms with Gasteiger partial charge in [-0.1, -0.05) is 6.07 Å². The number of hydrogen-bond donors (Lipinski definition) is 4. The lowest BCUT2D eigenvalue weighted by atomic mass is 9.76. The lowest BCUT2D eigenvalue weighted by Crippen LogP contribution is -2.29. The number of hydrogen-bond acceptors (Lipinski definition) is 4. The molecule has 13 heteroatoms. The van der Waals surface area contributed by atoms with Crippen LogP contribution < -0.4 is 11.1 Å². The minimum absolute atomic E-state index is 0.198. The molecular formula is C25H29F5N6O2. The summed E-state index contributed by atoms with van der Waals surface area (Å²) in [7, 11) is 0. The van der Waals surface area contributed by atoms with Gasteiger partial charge in [0.2, 0.25) is 11.8 Å². The van der Waals surface area contributed by atoms with E-state index >= 15 is 0 Å². The summed E-state index contributed by atoms with van der Waals surface area (Å²) in [5.41, 5.74) is 8.39. The molecule has 3 aromatic rings. The number of H-pyrrole nitrogens is 2. The number of carbonyl (C=O) groups excluding carboxylic acids is 2. The SMILES string of the molecule is Cc1n[nH]c([C@@H](c2nc3ccc([C@@H](C)NC(=O)CCC(F)(F)F)cc3[nH]2)C2CCC(F)(F)CC2)c1C(N)=O. The normalized spacial score (nSPS) is 17.9. The minimum atomic E-state index is -4.42. The Morgan fingerprint density at radius 3 is 2.55 bits per heavy atom. The molecule has 1 aliphatic rings. The highest BCUT2D eigenvalue weighted by Gasteiger charge is 2.41. The first-order valence-electron chi connectivity index (χ1n) is 12.3. The van der Waals surface area contributed by atoms with Crippen molar-refractivity contribution in [2.75, 3.05) is 0 Å². The highest BCUT2D eigenvalue weighted by atomic mass is 19.4. The number of aromatic nitrogens is 4. The van der Waals surface area contributed by atoms with Gasteiger partial charge in [0.05, 0.1) is 46.4 Å². The van der Waals surface area contributed by atoms with Gasteiger partial charge in [0.25, 0.3) is 5.91 Å². The average molecular weight is 541 g/mol. The fourth-order valence-corrected chi connectivity index (χ4v) is 5.09. The Kier molecular flexibility index (Phi) is 7.48. The van der Waals surface area contributed by atoms with Gasteiger partial charge < -0.3 is 16.0 Å². The first-order chi connectivity index (χ1) is 17.7. The summed E-state index contributed by atoms with van der Waals surface area (Å²) in [6.07, 6.45) is -6.46. The number of halogens is 5. The third kappa shape index (κ3) is 6.13. The fourth-order valence-electron chi connectivity index (χ4n) is 5.09. The molecule has 1 saturated carbocycles. The van der Waals surface area contributed by atoms with Gasteiger partial charge in [-0.05, 0) is 50.3 Å². The van der Waals surface area contributed by atoms with E-state index in [4.69, 9.17) is 5.73 Å². The number of nitrogens with two attached hydrogens (primary N) is 1. The number of imidazole rings is 1. The Balaban J connectivity index is 1.64. The Morgan fingerprint density at radius 1 is 1.24 bits per heavy atom. The topological polar surface area (TPSA) is 130 Å². The maximum atomic E-state index is 13.9. The van der Waals surface area contributed by atoms with Crippen LogP contribution >= 0.6 is 0 Å². The largest absolute Gasteiger partial charge is 0.389 e. The van der Waals surface area contributed by atoms with Crippen molar-refractivity contribution in [3.63, 3.8) is 0 Å². The predicted octanol–water partition coefficient (Wildman–Crippen LogP) is 5.17. The molecule has 2 atom stereocenters. The van der Waals surface area contributed by atoms with Crippen LogP contribution in [0.4, 0.5) is 22.0 Å². The van der Waals surface area contributed by atoms with Crippen molar-refractivity contribution < 1.29 is 31.5 Å². The monoisotopic (exact) mass is 540 g/mol. The molecule has 0 saturated heterocycles. The van der Waals surface area contributed by atoms with E-state index in [0.717, 1.165) is 0 Å². The molecule has 4 rings (SSSR count). The molecule has 1 aliphatic carbocycles. The van der Waals surface area contributed by atoms with Crippen LogP contribution in [-0.4, -0.2) is 44.1 Å². The minimum Gasteiger partial charge on any atom is -0.365 e. The van der Waals surface area contributed by atoms with Crippen LogP contribution in [0.25, 0.3) is 11.0 Å². The highest BCUT2D eigenvalue weighted by Crippen LogP contribution is 2.45. The van der Waals surface area contributed by atoms with Crippen LogP contribution in [0.3, 0.4) is 0 Å². The summed E-state index contributed by atoms with van der Waals surface area (Å²) >= 11 is 0. The van der Waals surface area contributed by atoms with Gasteiger partial charge in [0.1, 0.15) is 5.82 Å². The van der Waals surface area contributed by atoms with Crippen LogP contribution in [-0.2, 0) is 4.79 Å². The van der Waals surface area contributed by atoms with E-state index in [2.05, 4.69) is 25.5 Å². The molecule has 2 amide bonds. The lowest BCUT2D eigenvalue weighted by molar-refractivity contribution is -0.144. The highest BCUT2D eigenvalue weighted by molar-refractivity contribution is 5.95. The van der Waals surface area contributed by atoms with Gasteiger partial charge in [-0.3, -0.25) is 14.7 Å². The van der Waals surface area contributed by atoms with Crippen LogP contribution in [0.5, 0.6) is 0 Å². The van der Waals surface area contributed by atoms with E-state index in [-0.39, 0.29) is 37.2 Å². The molecule has 5 N–H and O–H groups in total. The van der Waals surface area contributed by atoms with Crippen LogP contribution in [0, 0.1) is 12.8 Å². The van der Waals surface area contributed by atoms with E-state index in [0.29, 0.717) is 33.8 Å². The maximum absolute atomic E-state index is 13.9. The van der Waals surface area contributed by atoms with E-state index in [1.807, 2.05) is 0 Å². The maximum Gasteiger partial charge on any atom is 0.389 e. The summed E-state index contributed by atoms with van der Waals surface area (Å²) in [4.78, 5) is 32.1. The number of benzene rings is 1. The number of primary amides is 1. The number of nitrogens with zero attached hydrogens (tertiary/aromatic N) is 2. The number of rotatable bonds is 8. The van der Waals surface area contributed by atoms with Crippen molar-refractivity contribution in [3.05, 3.63) is 46.5 Å². The molecule has 1 fully saturated rings. The van der Waals surface area contributed by atoms with Gasteiger partial charge in [-0.25, -0.2) is 13.8 Å². The molecule has 206 valence electrons. The molecule has 8 nitrogen and oxygen atoms in total. The van der Waals surface area contributed by atoms with Crippen molar-refractivity contribution in [1.29, 1.82) is 0 Å². The van der Waals surface area contributed by atoms with Crippen molar-refractivity contribution >= 4 is 22.8 Å². The van der Waals surface area contributed by atoms with E-state index in [1.165, 1.54) is 0 Å². The van der Waals surface area contributed by atoms with Crippen LogP contribution in [0.2, 0.25) is 0 Å². The Hall–Kier alpha value is -3.51. The van der Waals surface area contributed by atoms with Crippen LogP contribution in [0.1, 0.15) is 90.5 Å². The van der Waals surface area contributed by atoms with Crippen molar-refractivity contribution in [2.24, 2.45) is 11.7 Å². The van der Waals surface area contributed by atoms with E-state index in [1.54, 1.807) is 32.0 Å². The van der Waals surface area contributed by atoms with Gasteiger partial charge in [0.15, 0.2) is 0 Å². The number of alkyl halides is 5. The van der Waals surface area contributed by atoms with Crippen LogP contribution in [0.15, 0.2) is 18.2 Å². The zero-order valence-corrected chi connectivity index (χ0v) is 20.9. The summed E-state index contributed by atoms with van der Waals surface area (Å²) in [6, 6.07) is 4.55. The fraction of sp³-hybridized carbons (Fsp3) is 0.520. The number of carbonyl (C=O) groups is 2. The first kappa shape index (κ1) is 27.5. The molecule has 0 spiro atoms. The number of fused-ring (bicyclic) bond motifs is 1. The second kappa shape index (κ2) is 10.3. The van der Waals surface area contributed by atoms with E-state index < -0.39 is 48.7 Å². The predicted molar refractivity (Wildman–Crippen MR) is 129 cm³/mol. The lowest BCUT2D eigenvalue weighted by Gasteiger charge is -2.32. The molecule has 2 heterocycles. The quantitative estimate of drug-likeness (QED) is 0.294. The summed E-state index contributed by atoms with van der Waals surface area (Å²) in [5.74, 6) is -4.56. The third-order valence-corrected chi connectivity index (χ3v) is 7.10. The van der Waals surface area contributed by atoms with Crippen molar-refractivity contribution in [1.82, 2.24) is 25.5 Å². The summed E-state index contributed by atoms with van der Waals surface area (Å²) in [6.45, 7) is 3.28. The summed E-state index contributed by atoms with van der Waals surface area (Å²) in [5, 5.41) is 9.56. The second-order valence-electron chi connectivity index (χ2n) is 9.94. The Labute approximate surface area is 215 Å². The molecule has 0 radical (unpaired) electrons. The third-order valence-electron chi connectivity index (χ3n) is 7.10. The second-order valence-corrected chi connectivity index (χ2v) is 9.94. The molecule has 2 aromatic heterocycles. The standard InChI is InChI=1S/C25H29F5N6O2/c1-12(32-18(37)7-10-25(28,29)30)15-3-4-16-17(11-15)34-23(33-16)20(14-5-8-24(26,27)9-6-14)21-19(22(31)38)13(2)35-36-21/h3-4,11-12,14,20H,5-10H2,1-2H3,(H2,31,38)(H,32,37)(H,33,34)(H,35,36)/t12-,20+/m1/s1. The van der Waals surface area contributed by atoms with Gasteiger partial charge in [-0.2, -0.15) is 18.3 Å². The molecule has 0 unspecified atom stereocenters. The number of aryl methyl sites for hydroxylation is 1. The molecule has 0 bridgehead atoms. The summed E-state index contributed by atoms with van der Waals surface area (Å²) < 4.78 is 65.1. The van der Waals surface area contributed by atoms with Gasteiger partial charge in [0, 0.05) is 19.3 Å². The average Bonchev–Trinajstić information content (AvgIpc) is 3.41. The van der Waals surface area contributed by atoms with Gasteiger partial charge >= 0.3 is 6.18 Å². The van der Waals surface area contributed by atoms with Gasteiger partial charge in [-0.15, -0.1) is 0 Å².